The van der Waals surface area contributed by atoms with E-state index in [1.54, 1.807) is 19.2 Å². The van der Waals surface area contributed by atoms with Crippen LogP contribution in [-0.2, 0) is 0 Å². The van der Waals surface area contributed by atoms with Crippen molar-refractivity contribution in [3.05, 3.63) is 40.2 Å². The Balaban J connectivity index is 1.88. The summed E-state index contributed by atoms with van der Waals surface area (Å²) < 4.78 is 14.0. The van der Waals surface area contributed by atoms with Crippen LogP contribution in [0.2, 0.25) is 0 Å². The van der Waals surface area contributed by atoms with E-state index >= 15 is 0 Å². The fraction of sp³-hybridized carbons (Fsp3) is 0.286. The van der Waals surface area contributed by atoms with Gasteiger partial charge >= 0.3 is 0 Å². The molecule has 0 bridgehead atoms. The molecule has 6 heteroatoms. The van der Waals surface area contributed by atoms with E-state index < -0.39 is 0 Å². The monoisotopic (exact) mass is 336 g/mol. The molecule has 0 radical (unpaired) electrons. The number of benzene rings is 1. The minimum absolute atomic E-state index is 0.305. The first-order chi connectivity index (χ1) is 9.65. The topological polar surface area (TPSA) is 49.8 Å². The number of halogens is 2. The van der Waals surface area contributed by atoms with E-state index in [0.29, 0.717) is 27.8 Å². The third kappa shape index (κ3) is 2.90. The summed E-state index contributed by atoms with van der Waals surface area (Å²) in [5.41, 5.74) is 1.69. The lowest BCUT2D eigenvalue weighted by Gasteiger charge is -2.10. The van der Waals surface area contributed by atoms with Gasteiger partial charge in [0.15, 0.2) is 0 Å². The first-order valence-corrected chi connectivity index (χ1v) is 7.24. The largest absolute Gasteiger partial charge is 0.357 e. The van der Waals surface area contributed by atoms with Gasteiger partial charge in [-0.25, -0.2) is 9.37 Å². The lowest BCUT2D eigenvalue weighted by molar-refractivity contribution is 0.622. The molecule has 1 aromatic heterocycles. The quantitative estimate of drug-likeness (QED) is 0.884. The summed E-state index contributed by atoms with van der Waals surface area (Å²) in [5.74, 6) is 1.48. The highest BCUT2D eigenvalue weighted by Crippen LogP contribution is 2.40. The summed E-state index contributed by atoms with van der Waals surface area (Å²) in [5, 5.41) is 6.07. The first kappa shape index (κ1) is 13.3. The summed E-state index contributed by atoms with van der Waals surface area (Å²) in [4.78, 5) is 8.79. The third-order valence-corrected chi connectivity index (χ3v) is 3.80. The highest BCUT2D eigenvalue weighted by molar-refractivity contribution is 9.10. The van der Waals surface area contributed by atoms with Crippen molar-refractivity contribution in [1.82, 2.24) is 9.97 Å². The Morgan fingerprint density at radius 2 is 2.05 bits per heavy atom. The number of aromatic nitrogens is 2. The Hall–Kier alpha value is -1.69. The fourth-order valence-corrected chi connectivity index (χ4v) is 2.20. The maximum absolute atomic E-state index is 13.5. The van der Waals surface area contributed by atoms with Crippen LogP contribution in [0.1, 0.15) is 24.5 Å². The zero-order valence-electron chi connectivity index (χ0n) is 11.0. The Morgan fingerprint density at radius 3 is 2.70 bits per heavy atom. The second-order valence-corrected chi connectivity index (χ2v) is 5.63. The molecule has 0 aliphatic heterocycles. The van der Waals surface area contributed by atoms with Crippen molar-refractivity contribution in [3.8, 4) is 0 Å². The predicted octanol–water partition coefficient (Wildman–Crippen LogP) is 4.04. The lowest BCUT2D eigenvalue weighted by atomic mass is 10.2. The van der Waals surface area contributed by atoms with Crippen LogP contribution in [0.15, 0.2) is 28.7 Å². The van der Waals surface area contributed by atoms with Crippen molar-refractivity contribution in [3.63, 3.8) is 0 Å². The van der Waals surface area contributed by atoms with Gasteiger partial charge in [-0.3, -0.25) is 0 Å². The molecule has 2 N–H and O–H groups in total. The summed E-state index contributed by atoms with van der Waals surface area (Å²) >= 11 is 3.14. The van der Waals surface area contributed by atoms with Gasteiger partial charge in [0.05, 0.1) is 10.2 Å². The molecule has 0 saturated heterocycles. The van der Waals surface area contributed by atoms with Gasteiger partial charge in [0.25, 0.3) is 0 Å². The molecule has 1 saturated carbocycles. The third-order valence-electron chi connectivity index (χ3n) is 3.16. The summed E-state index contributed by atoms with van der Waals surface area (Å²) in [6, 6.07) is 6.82. The van der Waals surface area contributed by atoms with Crippen LogP contribution in [0.25, 0.3) is 0 Å². The molecule has 0 atom stereocenters. The zero-order chi connectivity index (χ0) is 14.1. The number of nitrogens with zero attached hydrogens (tertiary/aromatic N) is 2. The summed E-state index contributed by atoms with van der Waals surface area (Å²) in [6.07, 6.45) is 2.35. The highest BCUT2D eigenvalue weighted by Gasteiger charge is 2.26. The van der Waals surface area contributed by atoms with Crippen molar-refractivity contribution in [2.24, 2.45) is 0 Å². The average molecular weight is 337 g/mol. The van der Waals surface area contributed by atoms with Crippen LogP contribution in [0.3, 0.4) is 0 Å². The second-order valence-electron chi connectivity index (χ2n) is 4.78. The van der Waals surface area contributed by atoms with Crippen molar-refractivity contribution < 1.29 is 4.39 Å². The standard InChI is InChI=1S/C14H14BrFN4/c1-17-14-19-12(8-2-3-8)7-13(20-14)18-9-4-5-10(15)11(16)6-9/h4-8H,2-3H2,1H3,(H2,17,18,19,20). The molecule has 3 rings (SSSR count). The Kier molecular flexibility index (Phi) is 3.56. The molecule has 0 spiro atoms. The molecular formula is C14H14BrFN4. The predicted molar refractivity (Wildman–Crippen MR) is 80.9 cm³/mol. The molecule has 1 aromatic carbocycles. The highest BCUT2D eigenvalue weighted by atomic mass is 79.9. The van der Waals surface area contributed by atoms with E-state index in [0.717, 1.165) is 5.69 Å². The van der Waals surface area contributed by atoms with Crippen LogP contribution in [-0.4, -0.2) is 17.0 Å². The molecule has 1 aliphatic rings. The maximum atomic E-state index is 13.5. The number of hydrogen-bond acceptors (Lipinski definition) is 4. The number of hydrogen-bond donors (Lipinski definition) is 2. The molecular weight excluding hydrogens is 323 g/mol. The van der Waals surface area contributed by atoms with Crippen molar-refractivity contribution in [1.29, 1.82) is 0 Å². The van der Waals surface area contributed by atoms with Gasteiger partial charge < -0.3 is 10.6 Å². The minimum atomic E-state index is -0.305. The molecule has 2 aromatic rings. The van der Waals surface area contributed by atoms with Gasteiger partial charge in [-0.2, -0.15) is 4.98 Å². The van der Waals surface area contributed by atoms with E-state index in [1.807, 2.05) is 6.07 Å². The number of anilines is 3. The van der Waals surface area contributed by atoms with Crippen LogP contribution in [0, 0.1) is 5.82 Å². The number of nitrogens with one attached hydrogen (secondary N) is 2. The van der Waals surface area contributed by atoms with E-state index in [2.05, 4.69) is 36.5 Å². The van der Waals surface area contributed by atoms with E-state index in [1.165, 1.54) is 18.9 Å². The SMILES string of the molecule is CNc1nc(Nc2ccc(Br)c(F)c2)cc(C2CC2)n1. The van der Waals surface area contributed by atoms with Crippen molar-refractivity contribution in [2.75, 3.05) is 17.7 Å². The molecule has 104 valence electrons. The van der Waals surface area contributed by atoms with Gasteiger partial charge in [0.2, 0.25) is 5.95 Å². The summed E-state index contributed by atoms with van der Waals surface area (Å²) in [7, 11) is 1.79. The second kappa shape index (κ2) is 5.36. The van der Waals surface area contributed by atoms with Crippen LogP contribution < -0.4 is 10.6 Å². The molecule has 1 aliphatic carbocycles. The van der Waals surface area contributed by atoms with Gasteiger partial charge in [0.1, 0.15) is 11.6 Å². The Labute approximate surface area is 125 Å². The van der Waals surface area contributed by atoms with E-state index in [9.17, 15) is 4.39 Å². The van der Waals surface area contributed by atoms with Crippen LogP contribution in [0.5, 0.6) is 0 Å². The van der Waals surface area contributed by atoms with Crippen LogP contribution in [0.4, 0.5) is 21.8 Å². The van der Waals surface area contributed by atoms with E-state index in [-0.39, 0.29) is 5.82 Å². The normalized spacial score (nSPS) is 14.2. The molecule has 0 amide bonds. The van der Waals surface area contributed by atoms with Gasteiger partial charge in [-0.15, -0.1) is 0 Å². The smallest absolute Gasteiger partial charge is 0.224 e. The number of rotatable bonds is 4. The molecule has 1 heterocycles. The van der Waals surface area contributed by atoms with Crippen molar-refractivity contribution in [2.45, 2.75) is 18.8 Å². The Morgan fingerprint density at radius 1 is 1.25 bits per heavy atom. The first-order valence-electron chi connectivity index (χ1n) is 6.44. The van der Waals surface area contributed by atoms with Gasteiger partial charge in [-0.05, 0) is 47.0 Å². The van der Waals surface area contributed by atoms with E-state index in [4.69, 9.17) is 0 Å². The fourth-order valence-electron chi connectivity index (χ4n) is 1.95. The molecule has 1 fully saturated rings. The zero-order valence-corrected chi connectivity index (χ0v) is 12.5. The Bertz CT molecular complexity index is 643. The van der Waals surface area contributed by atoms with Crippen molar-refractivity contribution >= 4 is 33.4 Å². The molecule has 20 heavy (non-hydrogen) atoms. The summed E-state index contributed by atoms with van der Waals surface area (Å²) in [6.45, 7) is 0. The van der Waals surface area contributed by atoms with Gasteiger partial charge in [0, 0.05) is 24.7 Å². The molecule has 0 unspecified atom stereocenters. The maximum Gasteiger partial charge on any atom is 0.224 e. The lowest BCUT2D eigenvalue weighted by Crippen LogP contribution is -2.03. The van der Waals surface area contributed by atoms with Gasteiger partial charge in [-0.1, -0.05) is 0 Å². The molecule has 4 nitrogen and oxygen atoms in total. The average Bonchev–Trinajstić information content (AvgIpc) is 3.27. The minimum Gasteiger partial charge on any atom is -0.357 e. The van der Waals surface area contributed by atoms with Crippen LogP contribution >= 0.6 is 15.9 Å².